The zero-order valence-corrected chi connectivity index (χ0v) is 12.7. The van der Waals surface area contributed by atoms with Crippen LogP contribution < -0.4 is 5.32 Å². The number of hydrogen-bond donors (Lipinski definition) is 1. The van der Waals surface area contributed by atoms with E-state index < -0.39 is 0 Å². The molecular formula is C16H23NO3. The van der Waals surface area contributed by atoms with Gasteiger partial charge in [0.15, 0.2) is 6.61 Å². The third kappa shape index (κ3) is 5.43. The van der Waals surface area contributed by atoms with Crippen LogP contribution in [-0.4, -0.2) is 18.5 Å². The Morgan fingerprint density at radius 2 is 1.80 bits per heavy atom. The van der Waals surface area contributed by atoms with Crippen molar-refractivity contribution in [1.82, 2.24) is 0 Å². The maximum absolute atomic E-state index is 11.7. The van der Waals surface area contributed by atoms with Crippen LogP contribution in [0.25, 0.3) is 0 Å². The Hall–Kier alpha value is -1.84. The number of amides is 1. The highest BCUT2D eigenvalue weighted by molar-refractivity contribution is 5.93. The summed E-state index contributed by atoms with van der Waals surface area (Å²) in [6.45, 7) is 7.52. The van der Waals surface area contributed by atoms with Gasteiger partial charge in [0, 0.05) is 5.69 Å². The lowest BCUT2D eigenvalue weighted by Crippen LogP contribution is -2.23. The second kappa shape index (κ2) is 7.68. The van der Waals surface area contributed by atoms with E-state index in [4.69, 9.17) is 4.74 Å². The number of carbonyl (C=O) groups is 2. The van der Waals surface area contributed by atoms with Crippen molar-refractivity contribution in [2.24, 2.45) is 5.92 Å². The fourth-order valence-electron chi connectivity index (χ4n) is 2.07. The van der Waals surface area contributed by atoms with Crippen molar-refractivity contribution in [3.8, 4) is 0 Å². The first-order valence-electron chi connectivity index (χ1n) is 6.97. The van der Waals surface area contributed by atoms with Crippen LogP contribution in [0.3, 0.4) is 0 Å². The molecule has 1 amide bonds. The Kier molecular flexibility index (Phi) is 6.22. The first-order chi connectivity index (χ1) is 9.42. The molecule has 0 spiro atoms. The lowest BCUT2D eigenvalue weighted by atomic mass is 10.1. The first-order valence-corrected chi connectivity index (χ1v) is 6.97. The van der Waals surface area contributed by atoms with E-state index in [1.54, 1.807) is 0 Å². The van der Waals surface area contributed by atoms with E-state index >= 15 is 0 Å². The van der Waals surface area contributed by atoms with Gasteiger partial charge < -0.3 is 10.1 Å². The van der Waals surface area contributed by atoms with Crippen LogP contribution in [-0.2, 0) is 14.3 Å². The molecular weight excluding hydrogens is 254 g/mol. The van der Waals surface area contributed by atoms with E-state index in [9.17, 15) is 9.59 Å². The predicted octanol–water partition coefficient (Wildman–Crippen LogP) is 3.22. The number of nitrogens with one attached hydrogen (secondary N) is 1. The van der Waals surface area contributed by atoms with Crippen LogP contribution in [0, 0.1) is 19.8 Å². The van der Waals surface area contributed by atoms with E-state index in [2.05, 4.69) is 5.32 Å². The second-order valence-corrected chi connectivity index (χ2v) is 5.22. The van der Waals surface area contributed by atoms with Crippen molar-refractivity contribution in [3.63, 3.8) is 0 Å². The van der Waals surface area contributed by atoms with E-state index in [-0.39, 0.29) is 24.4 Å². The van der Waals surface area contributed by atoms with Gasteiger partial charge in [0.25, 0.3) is 5.91 Å². The van der Waals surface area contributed by atoms with E-state index in [0.717, 1.165) is 29.7 Å². The van der Waals surface area contributed by atoms with E-state index in [1.165, 1.54) is 0 Å². The summed E-state index contributed by atoms with van der Waals surface area (Å²) in [4.78, 5) is 23.3. The minimum Gasteiger partial charge on any atom is -0.455 e. The molecule has 1 rings (SSSR count). The normalized spacial score (nSPS) is 11.8. The van der Waals surface area contributed by atoms with Gasteiger partial charge in [-0.2, -0.15) is 0 Å². The van der Waals surface area contributed by atoms with Crippen molar-refractivity contribution < 1.29 is 14.3 Å². The molecule has 0 aliphatic carbocycles. The molecule has 0 aliphatic heterocycles. The summed E-state index contributed by atoms with van der Waals surface area (Å²) in [7, 11) is 0. The van der Waals surface area contributed by atoms with Crippen LogP contribution in [0.2, 0.25) is 0 Å². The smallest absolute Gasteiger partial charge is 0.309 e. The second-order valence-electron chi connectivity index (χ2n) is 5.22. The van der Waals surface area contributed by atoms with Crippen LogP contribution in [0.4, 0.5) is 5.69 Å². The zero-order valence-electron chi connectivity index (χ0n) is 12.7. The van der Waals surface area contributed by atoms with Crippen molar-refractivity contribution in [2.45, 2.75) is 40.5 Å². The Balaban J connectivity index is 2.46. The highest BCUT2D eigenvalue weighted by Crippen LogP contribution is 2.13. The molecule has 1 aromatic rings. The van der Waals surface area contributed by atoms with Crippen molar-refractivity contribution in [2.75, 3.05) is 11.9 Å². The fourth-order valence-corrected chi connectivity index (χ4v) is 2.07. The van der Waals surface area contributed by atoms with Gasteiger partial charge in [-0.3, -0.25) is 9.59 Å². The monoisotopic (exact) mass is 277 g/mol. The van der Waals surface area contributed by atoms with Gasteiger partial charge in [0.2, 0.25) is 0 Å². The summed E-state index contributed by atoms with van der Waals surface area (Å²) < 4.78 is 5.00. The molecule has 0 saturated carbocycles. The van der Waals surface area contributed by atoms with Crippen molar-refractivity contribution in [1.29, 1.82) is 0 Å². The molecule has 0 aromatic heterocycles. The molecule has 1 aromatic carbocycles. The number of ether oxygens (including phenoxy) is 1. The minimum atomic E-state index is -0.317. The Morgan fingerprint density at radius 1 is 1.20 bits per heavy atom. The van der Waals surface area contributed by atoms with Gasteiger partial charge in [-0.15, -0.1) is 0 Å². The topological polar surface area (TPSA) is 55.4 Å². The number of esters is 1. The molecule has 0 fully saturated rings. The van der Waals surface area contributed by atoms with Crippen LogP contribution in [0.1, 0.15) is 37.8 Å². The minimum absolute atomic E-state index is 0.158. The summed E-state index contributed by atoms with van der Waals surface area (Å²) in [5, 5.41) is 2.73. The molecule has 0 aliphatic rings. The van der Waals surface area contributed by atoms with Crippen LogP contribution >= 0.6 is 0 Å². The van der Waals surface area contributed by atoms with Gasteiger partial charge in [0.05, 0.1) is 5.92 Å². The number of aryl methyl sites for hydroxylation is 2. The van der Waals surface area contributed by atoms with Crippen molar-refractivity contribution in [3.05, 3.63) is 29.3 Å². The first kappa shape index (κ1) is 16.2. The van der Waals surface area contributed by atoms with Gasteiger partial charge >= 0.3 is 5.97 Å². The molecule has 4 heteroatoms. The quantitative estimate of drug-likeness (QED) is 0.812. The highest BCUT2D eigenvalue weighted by atomic mass is 16.5. The molecule has 0 saturated heterocycles. The third-order valence-electron chi connectivity index (χ3n) is 2.98. The maximum Gasteiger partial charge on any atom is 0.309 e. The Bertz CT molecular complexity index is 462. The Morgan fingerprint density at radius 3 is 2.35 bits per heavy atom. The average Bonchev–Trinajstić information content (AvgIpc) is 2.34. The molecule has 0 radical (unpaired) electrons. The van der Waals surface area contributed by atoms with Gasteiger partial charge in [-0.05, 0) is 43.5 Å². The largest absolute Gasteiger partial charge is 0.455 e. The number of hydrogen-bond acceptors (Lipinski definition) is 3. The zero-order chi connectivity index (χ0) is 15.1. The molecule has 0 bridgehead atoms. The Labute approximate surface area is 120 Å². The molecule has 1 N–H and O–H groups in total. The SMILES string of the molecule is CCC[C@@H](C)C(=O)OCC(=O)Nc1cc(C)cc(C)c1. The third-order valence-corrected chi connectivity index (χ3v) is 2.98. The van der Waals surface area contributed by atoms with E-state index in [1.807, 2.05) is 45.9 Å². The summed E-state index contributed by atoms with van der Waals surface area (Å²) in [5.74, 6) is -0.788. The van der Waals surface area contributed by atoms with Gasteiger partial charge in [-0.1, -0.05) is 26.3 Å². The molecule has 0 unspecified atom stereocenters. The number of carbonyl (C=O) groups excluding carboxylic acids is 2. The maximum atomic E-state index is 11.7. The average molecular weight is 277 g/mol. The molecule has 20 heavy (non-hydrogen) atoms. The van der Waals surface area contributed by atoms with Crippen LogP contribution in [0.15, 0.2) is 18.2 Å². The lowest BCUT2D eigenvalue weighted by molar-refractivity contribution is -0.151. The summed E-state index contributed by atoms with van der Waals surface area (Å²) in [6, 6.07) is 5.79. The lowest BCUT2D eigenvalue weighted by Gasteiger charge is -2.11. The number of rotatable bonds is 6. The number of anilines is 1. The molecule has 1 atom stereocenters. The highest BCUT2D eigenvalue weighted by Gasteiger charge is 2.15. The van der Waals surface area contributed by atoms with Gasteiger partial charge in [-0.25, -0.2) is 0 Å². The van der Waals surface area contributed by atoms with Gasteiger partial charge in [0.1, 0.15) is 0 Å². The standard InChI is InChI=1S/C16H23NO3/c1-5-6-13(4)16(19)20-10-15(18)17-14-8-11(2)7-12(3)9-14/h7-9,13H,5-6,10H2,1-4H3,(H,17,18)/t13-/m1/s1. The summed E-state index contributed by atoms with van der Waals surface area (Å²) in [6.07, 6.45) is 1.70. The molecule has 0 heterocycles. The van der Waals surface area contributed by atoms with E-state index in [0.29, 0.717) is 0 Å². The summed E-state index contributed by atoms with van der Waals surface area (Å²) >= 11 is 0. The predicted molar refractivity (Wildman–Crippen MR) is 79.6 cm³/mol. The van der Waals surface area contributed by atoms with Crippen LogP contribution in [0.5, 0.6) is 0 Å². The molecule has 4 nitrogen and oxygen atoms in total. The van der Waals surface area contributed by atoms with Crippen molar-refractivity contribution >= 4 is 17.6 Å². The number of benzene rings is 1. The fraction of sp³-hybridized carbons (Fsp3) is 0.500. The summed E-state index contributed by atoms with van der Waals surface area (Å²) in [5.41, 5.74) is 2.88. The molecule has 110 valence electrons.